The Morgan fingerprint density at radius 3 is 2.55 bits per heavy atom. The van der Waals surface area contributed by atoms with Crippen LogP contribution < -0.4 is 0 Å². The Hall–Kier alpha value is -1.43. The molecule has 3 aliphatic rings. The zero-order valence-corrected chi connectivity index (χ0v) is 12.6. The van der Waals surface area contributed by atoms with Gasteiger partial charge in [0.05, 0.1) is 6.61 Å². The van der Waals surface area contributed by atoms with Crippen LogP contribution in [0.25, 0.3) is 0 Å². The van der Waals surface area contributed by atoms with Gasteiger partial charge in [-0.1, -0.05) is 30.3 Å². The minimum Gasteiger partial charge on any atom is -0.462 e. The zero-order valence-electron chi connectivity index (χ0n) is 12.6. The van der Waals surface area contributed by atoms with Crippen molar-refractivity contribution in [1.82, 2.24) is 4.90 Å². The van der Waals surface area contributed by atoms with Gasteiger partial charge in [-0.05, 0) is 12.6 Å². The molecule has 0 radical (unpaired) electrons. The minimum absolute atomic E-state index is 0.0622. The number of aliphatic hydroxyl groups is 1. The van der Waals surface area contributed by atoms with Crippen molar-refractivity contribution >= 4 is 5.97 Å². The Kier molecular flexibility index (Phi) is 3.44. The number of carbonyl (C=O) groups excluding carboxylic acids is 1. The number of rotatable bonds is 4. The molecule has 1 aromatic rings. The van der Waals surface area contributed by atoms with Gasteiger partial charge in [-0.25, -0.2) is 0 Å². The SMILES string of the molecule is CN1[C@H]2CC(OC(=O)[C@@H](CO)c3ccccc3)C[C@H]1[C@H]1O[C@H]12. The van der Waals surface area contributed by atoms with Crippen molar-refractivity contribution in [3.8, 4) is 0 Å². The van der Waals surface area contributed by atoms with Crippen molar-refractivity contribution in [3.05, 3.63) is 35.9 Å². The molecular formula is C17H21NO4. The van der Waals surface area contributed by atoms with E-state index in [1.165, 1.54) is 0 Å². The van der Waals surface area contributed by atoms with Crippen LogP contribution in [0.3, 0.4) is 0 Å². The molecule has 22 heavy (non-hydrogen) atoms. The summed E-state index contributed by atoms with van der Waals surface area (Å²) in [7, 11) is 2.13. The lowest BCUT2D eigenvalue weighted by Gasteiger charge is -2.38. The van der Waals surface area contributed by atoms with Crippen LogP contribution in [-0.4, -0.2) is 60.0 Å². The third-order valence-electron chi connectivity index (χ3n) is 5.33. The lowest BCUT2D eigenvalue weighted by atomic mass is 9.97. The van der Waals surface area contributed by atoms with E-state index in [-0.39, 0.29) is 18.7 Å². The number of aliphatic hydroxyl groups excluding tert-OH is 1. The maximum absolute atomic E-state index is 12.4. The third-order valence-corrected chi connectivity index (χ3v) is 5.33. The maximum Gasteiger partial charge on any atom is 0.316 e. The van der Waals surface area contributed by atoms with E-state index in [1.54, 1.807) is 0 Å². The van der Waals surface area contributed by atoms with Crippen LogP contribution in [0.4, 0.5) is 0 Å². The molecule has 5 nitrogen and oxygen atoms in total. The highest BCUT2D eigenvalue weighted by Crippen LogP contribution is 2.48. The molecule has 1 aromatic carbocycles. The number of carbonyl (C=O) groups is 1. The van der Waals surface area contributed by atoms with Gasteiger partial charge in [-0.3, -0.25) is 9.69 Å². The van der Waals surface area contributed by atoms with Crippen molar-refractivity contribution < 1.29 is 19.4 Å². The fourth-order valence-corrected chi connectivity index (χ4v) is 4.04. The quantitative estimate of drug-likeness (QED) is 0.662. The molecule has 0 spiro atoms. The number of benzene rings is 1. The van der Waals surface area contributed by atoms with Crippen molar-refractivity contribution in [2.24, 2.45) is 0 Å². The molecule has 4 rings (SSSR count). The van der Waals surface area contributed by atoms with Crippen molar-refractivity contribution in [3.63, 3.8) is 0 Å². The van der Waals surface area contributed by atoms with Gasteiger partial charge in [0.15, 0.2) is 0 Å². The molecule has 6 atom stereocenters. The topological polar surface area (TPSA) is 62.3 Å². The smallest absolute Gasteiger partial charge is 0.316 e. The number of morpholine rings is 1. The Morgan fingerprint density at radius 2 is 1.95 bits per heavy atom. The Labute approximate surface area is 129 Å². The summed E-state index contributed by atoms with van der Waals surface area (Å²) in [6.07, 6.45) is 2.26. The normalized spacial score (nSPS) is 37.5. The summed E-state index contributed by atoms with van der Waals surface area (Å²) in [6.45, 7) is -0.226. The molecular weight excluding hydrogens is 282 g/mol. The number of hydrogen-bond donors (Lipinski definition) is 1. The van der Waals surface area contributed by atoms with E-state index in [2.05, 4.69) is 11.9 Å². The largest absolute Gasteiger partial charge is 0.462 e. The van der Waals surface area contributed by atoms with E-state index in [9.17, 15) is 9.90 Å². The van der Waals surface area contributed by atoms with Crippen LogP contribution in [-0.2, 0) is 14.3 Å². The fraction of sp³-hybridized carbons (Fsp3) is 0.588. The van der Waals surface area contributed by atoms with Gasteiger partial charge < -0.3 is 14.6 Å². The molecule has 0 saturated carbocycles. The molecule has 0 aliphatic carbocycles. The fourth-order valence-electron chi connectivity index (χ4n) is 4.04. The van der Waals surface area contributed by atoms with Gasteiger partial charge >= 0.3 is 5.97 Å². The molecule has 3 saturated heterocycles. The van der Waals surface area contributed by atoms with Gasteiger partial charge in [-0.15, -0.1) is 0 Å². The molecule has 0 aromatic heterocycles. The summed E-state index contributed by atoms with van der Waals surface area (Å²) in [5.41, 5.74) is 0.803. The number of esters is 1. The standard InChI is InChI=1S/C17H21NO4/c1-18-13-7-11(8-14(18)16-15(13)22-16)21-17(20)12(9-19)10-5-3-2-4-6-10/h2-6,11-16,19H,7-9H2,1H3/t11?,12-,13-,14-,15-,16+/m0/s1. The molecule has 3 aliphatic heterocycles. The lowest BCUT2D eigenvalue weighted by molar-refractivity contribution is -0.156. The predicted molar refractivity (Wildman–Crippen MR) is 79.4 cm³/mol. The first-order valence-corrected chi connectivity index (χ1v) is 7.92. The highest BCUT2D eigenvalue weighted by Gasteiger charge is 2.62. The second-order valence-corrected chi connectivity index (χ2v) is 6.54. The first kappa shape index (κ1) is 14.2. The van der Waals surface area contributed by atoms with Crippen LogP contribution in [0, 0.1) is 0 Å². The molecule has 1 N–H and O–H groups in total. The number of piperidine rings is 1. The van der Waals surface area contributed by atoms with Gasteiger partial charge in [-0.2, -0.15) is 0 Å². The second kappa shape index (κ2) is 5.33. The minimum atomic E-state index is -0.593. The van der Waals surface area contributed by atoms with E-state index in [4.69, 9.17) is 9.47 Å². The van der Waals surface area contributed by atoms with Crippen LogP contribution in [0.5, 0.6) is 0 Å². The van der Waals surface area contributed by atoms with Crippen LogP contribution >= 0.6 is 0 Å². The predicted octanol–water partition coefficient (Wildman–Crippen LogP) is 0.918. The third kappa shape index (κ3) is 2.24. The number of likely N-dealkylation sites (N-methyl/N-ethyl adjacent to an activating group) is 1. The van der Waals surface area contributed by atoms with Gasteiger partial charge in [0.2, 0.25) is 0 Å². The van der Waals surface area contributed by atoms with Crippen molar-refractivity contribution in [2.75, 3.05) is 13.7 Å². The summed E-state index contributed by atoms with van der Waals surface area (Å²) in [6, 6.07) is 10.1. The average Bonchev–Trinajstić information content (AvgIpc) is 3.27. The summed E-state index contributed by atoms with van der Waals surface area (Å²) in [5.74, 6) is -0.915. The van der Waals surface area contributed by atoms with Crippen molar-refractivity contribution in [2.45, 2.75) is 49.2 Å². The highest BCUT2D eigenvalue weighted by atomic mass is 16.6. The number of hydrogen-bond acceptors (Lipinski definition) is 5. The molecule has 2 bridgehead atoms. The Bertz CT molecular complexity index is 545. The molecule has 5 heteroatoms. The van der Waals surface area contributed by atoms with E-state index < -0.39 is 5.92 Å². The summed E-state index contributed by atoms with van der Waals surface area (Å²) in [5, 5.41) is 9.56. The lowest BCUT2D eigenvalue weighted by Crippen LogP contribution is -2.48. The first-order valence-electron chi connectivity index (χ1n) is 7.92. The number of ether oxygens (including phenoxy) is 2. The van der Waals surface area contributed by atoms with Crippen molar-refractivity contribution in [1.29, 1.82) is 0 Å². The Morgan fingerprint density at radius 1 is 1.32 bits per heavy atom. The average molecular weight is 303 g/mol. The van der Waals surface area contributed by atoms with Crippen LogP contribution in [0.1, 0.15) is 24.3 Å². The number of fused-ring (bicyclic) bond motifs is 5. The molecule has 1 unspecified atom stereocenters. The monoisotopic (exact) mass is 303 g/mol. The van der Waals surface area contributed by atoms with Gasteiger partial charge in [0.1, 0.15) is 24.2 Å². The first-order chi connectivity index (χ1) is 10.7. The van der Waals surface area contributed by atoms with Crippen LogP contribution in [0.15, 0.2) is 30.3 Å². The van der Waals surface area contributed by atoms with E-state index in [1.807, 2.05) is 30.3 Å². The molecule has 3 fully saturated rings. The molecule has 118 valence electrons. The highest BCUT2D eigenvalue weighted by molar-refractivity contribution is 5.78. The van der Waals surface area contributed by atoms with Gasteiger partial charge in [0, 0.05) is 24.9 Å². The number of nitrogens with zero attached hydrogens (tertiary/aromatic N) is 1. The van der Waals surface area contributed by atoms with E-state index in [0.717, 1.165) is 18.4 Å². The molecule has 3 heterocycles. The summed E-state index contributed by atoms with van der Waals surface area (Å²) >= 11 is 0. The Balaban J connectivity index is 1.42. The summed E-state index contributed by atoms with van der Waals surface area (Å²) in [4.78, 5) is 14.8. The van der Waals surface area contributed by atoms with E-state index in [0.29, 0.717) is 24.3 Å². The van der Waals surface area contributed by atoms with Gasteiger partial charge in [0.25, 0.3) is 0 Å². The van der Waals surface area contributed by atoms with E-state index >= 15 is 0 Å². The zero-order chi connectivity index (χ0) is 15.3. The maximum atomic E-state index is 12.4. The number of epoxide rings is 1. The summed E-state index contributed by atoms with van der Waals surface area (Å²) < 4.78 is 11.4. The van der Waals surface area contributed by atoms with Crippen LogP contribution in [0.2, 0.25) is 0 Å². The second-order valence-electron chi connectivity index (χ2n) is 6.54. The molecule has 0 amide bonds.